The van der Waals surface area contributed by atoms with Gasteiger partial charge in [-0.05, 0) is 71.7 Å². The molecule has 6 heteroatoms. The first kappa shape index (κ1) is 26.4. The Morgan fingerprint density at radius 3 is 2.56 bits per heavy atom. The number of allylic oxidation sites excluding steroid dienone is 8. The second-order valence-corrected chi connectivity index (χ2v) is 10.7. The maximum atomic E-state index is 12.4. The van der Waals surface area contributed by atoms with E-state index >= 15 is 0 Å². The molecular formula is C28H39ClN2O3. The van der Waals surface area contributed by atoms with Crippen LogP contribution in [0.15, 0.2) is 71.7 Å². The van der Waals surface area contributed by atoms with Crippen LogP contribution in [0.4, 0.5) is 4.79 Å². The molecule has 186 valence electrons. The summed E-state index contributed by atoms with van der Waals surface area (Å²) < 4.78 is 12.0. The molecule has 1 amide bonds. The number of hydrogen-bond donors (Lipinski definition) is 0. The van der Waals surface area contributed by atoms with Gasteiger partial charge in [0.05, 0.1) is 0 Å². The number of amides is 1. The lowest BCUT2D eigenvalue weighted by molar-refractivity contribution is -0.0292. The average molecular weight is 487 g/mol. The summed E-state index contributed by atoms with van der Waals surface area (Å²) in [4.78, 5) is 16.6. The van der Waals surface area contributed by atoms with Gasteiger partial charge in [-0.25, -0.2) is 4.79 Å². The molecule has 3 heterocycles. The molecule has 0 aromatic rings. The molecule has 3 fully saturated rings. The highest BCUT2D eigenvalue weighted by atomic mass is 35.5. The summed E-state index contributed by atoms with van der Waals surface area (Å²) in [5.41, 5.74) is 1.85. The standard InChI is InChI=1S/C28H39ClN2O3/c1-6-8-9-11-22(3)31-20-28(21-33-26(31)32)14-16-30(17-15-28)19-23(18-24(29)7-2)25-12-10-13-27(4,5)34-25/h6-9,11,18H,1-2,10,12-17,19-21H2,3-5H3/b9-8-,22-11+,24-18+,25-23-. The molecule has 3 aliphatic rings. The molecule has 0 aromatic carbocycles. The van der Waals surface area contributed by atoms with Crippen molar-refractivity contribution in [2.45, 2.75) is 58.5 Å². The van der Waals surface area contributed by atoms with Gasteiger partial charge in [-0.2, -0.15) is 0 Å². The van der Waals surface area contributed by atoms with Gasteiger partial charge in [0.1, 0.15) is 18.0 Å². The summed E-state index contributed by atoms with van der Waals surface area (Å²) in [5, 5.41) is 0.630. The van der Waals surface area contributed by atoms with E-state index in [0.717, 1.165) is 68.8 Å². The molecule has 0 atom stereocenters. The summed E-state index contributed by atoms with van der Waals surface area (Å²) in [6, 6.07) is 0. The number of carbonyl (C=O) groups excluding carboxylic acids is 1. The Hall–Kier alpha value is -2.24. The minimum absolute atomic E-state index is 0.0209. The van der Waals surface area contributed by atoms with Crippen molar-refractivity contribution in [1.29, 1.82) is 0 Å². The normalized spacial score (nSPS) is 25.2. The van der Waals surface area contributed by atoms with E-state index in [2.05, 4.69) is 31.9 Å². The number of cyclic esters (lactones) is 1. The smallest absolute Gasteiger partial charge is 0.414 e. The van der Waals surface area contributed by atoms with Crippen molar-refractivity contribution in [3.05, 3.63) is 71.7 Å². The highest BCUT2D eigenvalue weighted by Crippen LogP contribution is 2.38. The molecule has 3 rings (SSSR count). The minimum atomic E-state index is -0.262. The molecule has 3 saturated heterocycles. The van der Waals surface area contributed by atoms with Crippen LogP contribution in [0.2, 0.25) is 0 Å². The zero-order valence-electron chi connectivity index (χ0n) is 20.9. The average Bonchev–Trinajstić information content (AvgIpc) is 2.81. The number of nitrogens with zero attached hydrogens (tertiary/aromatic N) is 2. The lowest BCUT2D eigenvalue weighted by atomic mass is 9.77. The summed E-state index contributed by atoms with van der Waals surface area (Å²) in [7, 11) is 0. The number of ether oxygens (including phenoxy) is 2. The summed E-state index contributed by atoms with van der Waals surface area (Å²) in [6.07, 6.45) is 15.9. The van der Waals surface area contributed by atoms with Crippen LogP contribution in [-0.2, 0) is 9.47 Å². The van der Waals surface area contributed by atoms with Crippen LogP contribution in [-0.4, -0.2) is 54.3 Å². The molecule has 5 nitrogen and oxygen atoms in total. The third-order valence-electron chi connectivity index (χ3n) is 6.98. The molecule has 1 spiro atoms. The van der Waals surface area contributed by atoms with Crippen LogP contribution in [0.5, 0.6) is 0 Å². The van der Waals surface area contributed by atoms with E-state index in [1.54, 1.807) is 17.1 Å². The van der Waals surface area contributed by atoms with Crippen LogP contribution in [0.3, 0.4) is 0 Å². The Balaban J connectivity index is 1.69. The molecule has 0 saturated carbocycles. The highest BCUT2D eigenvalue weighted by molar-refractivity contribution is 6.31. The Kier molecular flexibility index (Phi) is 8.89. The molecule has 34 heavy (non-hydrogen) atoms. The van der Waals surface area contributed by atoms with Gasteiger partial charge < -0.3 is 9.47 Å². The largest absolute Gasteiger partial charge is 0.492 e. The number of likely N-dealkylation sites (tertiary alicyclic amines) is 1. The fourth-order valence-electron chi connectivity index (χ4n) is 4.88. The van der Waals surface area contributed by atoms with Crippen molar-refractivity contribution in [2.24, 2.45) is 5.41 Å². The summed E-state index contributed by atoms with van der Waals surface area (Å²) >= 11 is 6.35. The van der Waals surface area contributed by atoms with Crippen LogP contribution in [0.25, 0.3) is 0 Å². The quantitative estimate of drug-likeness (QED) is 0.375. The van der Waals surface area contributed by atoms with Gasteiger partial charge >= 0.3 is 6.09 Å². The predicted molar refractivity (Wildman–Crippen MR) is 139 cm³/mol. The molecule has 0 bridgehead atoms. The Labute approximate surface area is 210 Å². The topological polar surface area (TPSA) is 42.0 Å². The zero-order chi connectivity index (χ0) is 24.8. The van der Waals surface area contributed by atoms with E-state index in [1.807, 2.05) is 31.2 Å². The van der Waals surface area contributed by atoms with E-state index in [4.69, 9.17) is 21.1 Å². The van der Waals surface area contributed by atoms with E-state index in [-0.39, 0.29) is 17.1 Å². The van der Waals surface area contributed by atoms with Gasteiger partial charge in [-0.1, -0.05) is 49.1 Å². The molecular weight excluding hydrogens is 448 g/mol. The Bertz CT molecular complexity index is 905. The van der Waals surface area contributed by atoms with E-state index in [0.29, 0.717) is 18.2 Å². The molecule has 0 aromatic heterocycles. The lowest BCUT2D eigenvalue weighted by Gasteiger charge is -2.47. The van der Waals surface area contributed by atoms with Crippen LogP contribution in [0.1, 0.15) is 52.9 Å². The molecule has 0 aliphatic carbocycles. The van der Waals surface area contributed by atoms with Crippen molar-refractivity contribution >= 4 is 17.7 Å². The van der Waals surface area contributed by atoms with Gasteiger partial charge in [0, 0.05) is 41.2 Å². The van der Waals surface area contributed by atoms with Crippen molar-refractivity contribution in [2.75, 3.05) is 32.8 Å². The highest BCUT2D eigenvalue weighted by Gasteiger charge is 2.43. The first-order chi connectivity index (χ1) is 16.2. The third kappa shape index (κ3) is 6.89. The molecule has 0 N–H and O–H groups in total. The number of piperidine rings is 1. The summed E-state index contributed by atoms with van der Waals surface area (Å²) in [6.45, 7) is 17.6. The van der Waals surface area contributed by atoms with E-state index in [9.17, 15) is 4.79 Å². The number of hydrogen-bond acceptors (Lipinski definition) is 4. The first-order valence-electron chi connectivity index (χ1n) is 12.2. The van der Waals surface area contributed by atoms with Crippen molar-refractivity contribution in [1.82, 2.24) is 9.80 Å². The van der Waals surface area contributed by atoms with Crippen LogP contribution in [0, 0.1) is 5.41 Å². The van der Waals surface area contributed by atoms with Crippen molar-refractivity contribution in [3.63, 3.8) is 0 Å². The zero-order valence-corrected chi connectivity index (χ0v) is 21.7. The minimum Gasteiger partial charge on any atom is -0.492 e. The number of rotatable bonds is 7. The molecule has 0 unspecified atom stereocenters. The fraction of sp³-hybridized carbons (Fsp3) is 0.536. The monoisotopic (exact) mass is 486 g/mol. The predicted octanol–water partition coefficient (Wildman–Crippen LogP) is 6.71. The number of halogens is 1. The van der Waals surface area contributed by atoms with Crippen molar-refractivity contribution < 1.29 is 14.3 Å². The molecule has 3 aliphatic heterocycles. The van der Waals surface area contributed by atoms with Gasteiger partial charge in [-0.3, -0.25) is 9.80 Å². The van der Waals surface area contributed by atoms with E-state index < -0.39 is 0 Å². The fourth-order valence-corrected chi connectivity index (χ4v) is 5.01. The van der Waals surface area contributed by atoms with Gasteiger partial charge in [0.25, 0.3) is 0 Å². The molecule has 0 radical (unpaired) electrons. The van der Waals surface area contributed by atoms with Crippen LogP contribution >= 0.6 is 11.6 Å². The van der Waals surface area contributed by atoms with Crippen LogP contribution < -0.4 is 0 Å². The maximum Gasteiger partial charge on any atom is 0.414 e. The van der Waals surface area contributed by atoms with Gasteiger partial charge in [0.2, 0.25) is 0 Å². The Morgan fingerprint density at radius 2 is 1.91 bits per heavy atom. The Morgan fingerprint density at radius 1 is 1.18 bits per heavy atom. The first-order valence-corrected chi connectivity index (χ1v) is 12.6. The number of carbonyl (C=O) groups is 1. The maximum absolute atomic E-state index is 12.4. The van der Waals surface area contributed by atoms with Gasteiger partial charge in [0.15, 0.2) is 0 Å². The van der Waals surface area contributed by atoms with Gasteiger partial charge in [-0.15, -0.1) is 0 Å². The second kappa shape index (κ2) is 11.5. The SMILES string of the molecule is C=C/C=C\C=C(/C)N1CC2(CCN(CC(/C=C(/Cl)C=C)=C3/CCCC(C)(C)O3)CC2)COC1=O. The van der Waals surface area contributed by atoms with Crippen molar-refractivity contribution in [3.8, 4) is 0 Å². The summed E-state index contributed by atoms with van der Waals surface area (Å²) in [5.74, 6) is 1.04. The third-order valence-corrected chi connectivity index (χ3v) is 7.25. The van der Waals surface area contributed by atoms with E-state index in [1.165, 1.54) is 0 Å². The lowest BCUT2D eigenvalue weighted by Crippen LogP contribution is -2.54. The second-order valence-electron chi connectivity index (χ2n) is 10.2.